The number of aromatic nitrogens is 4. The lowest BCUT2D eigenvalue weighted by Gasteiger charge is -2.23. The van der Waals surface area contributed by atoms with Crippen molar-refractivity contribution in [3.05, 3.63) is 53.3 Å². The Bertz CT molecular complexity index is 985. The van der Waals surface area contributed by atoms with E-state index in [9.17, 15) is 9.90 Å². The Morgan fingerprint density at radius 3 is 2.75 bits per heavy atom. The Balaban J connectivity index is 1.89. The van der Waals surface area contributed by atoms with E-state index in [1.165, 1.54) is 6.33 Å². The van der Waals surface area contributed by atoms with Gasteiger partial charge in [-0.25, -0.2) is 15.0 Å². The highest BCUT2D eigenvalue weighted by Crippen LogP contribution is 2.28. The fourth-order valence-corrected chi connectivity index (χ4v) is 2.65. The molecule has 0 aliphatic heterocycles. The van der Waals surface area contributed by atoms with E-state index >= 15 is 0 Å². The molecule has 9 nitrogen and oxygen atoms in total. The standard InChI is InChI=1S/C19H21N5O4/c1-11-13(16(24-28-11)14-6-7-21-10-22-14)8-27-15-5-4-12(18(20)26)17(23-15)19(2,3)9-25/h4-7,10,25H,8-9H2,1-3H3,(H2,20,26). The molecule has 3 aromatic heterocycles. The molecule has 0 unspecified atom stereocenters. The van der Waals surface area contributed by atoms with Crippen molar-refractivity contribution >= 4 is 5.91 Å². The molecule has 1 amide bonds. The Morgan fingerprint density at radius 1 is 1.32 bits per heavy atom. The number of pyridine rings is 1. The van der Waals surface area contributed by atoms with Gasteiger partial charge in [-0.3, -0.25) is 4.79 Å². The minimum atomic E-state index is -0.761. The number of carbonyl (C=O) groups excluding carboxylic acids is 1. The van der Waals surface area contributed by atoms with Gasteiger partial charge in [0.2, 0.25) is 5.88 Å². The van der Waals surface area contributed by atoms with Gasteiger partial charge in [0.1, 0.15) is 24.4 Å². The van der Waals surface area contributed by atoms with Crippen LogP contribution in [0.4, 0.5) is 0 Å². The third-order valence-electron chi connectivity index (χ3n) is 4.35. The summed E-state index contributed by atoms with van der Waals surface area (Å²) in [6.45, 7) is 5.25. The fraction of sp³-hybridized carbons (Fsp3) is 0.316. The molecular weight excluding hydrogens is 362 g/mol. The predicted octanol–water partition coefficient (Wildman–Crippen LogP) is 1.78. The van der Waals surface area contributed by atoms with Gasteiger partial charge in [0.05, 0.1) is 29.1 Å². The van der Waals surface area contributed by atoms with Crippen LogP contribution in [0, 0.1) is 6.92 Å². The van der Waals surface area contributed by atoms with E-state index in [2.05, 4.69) is 20.1 Å². The van der Waals surface area contributed by atoms with Gasteiger partial charge in [-0.15, -0.1) is 0 Å². The summed E-state index contributed by atoms with van der Waals surface area (Å²) in [5.41, 5.74) is 7.19. The Morgan fingerprint density at radius 2 is 2.11 bits per heavy atom. The lowest BCUT2D eigenvalue weighted by Crippen LogP contribution is -2.28. The molecule has 0 radical (unpaired) electrons. The van der Waals surface area contributed by atoms with Crippen LogP contribution in [-0.2, 0) is 12.0 Å². The Kier molecular flexibility index (Phi) is 5.36. The molecule has 3 heterocycles. The maximum absolute atomic E-state index is 11.7. The van der Waals surface area contributed by atoms with Crippen LogP contribution in [0.3, 0.4) is 0 Å². The highest BCUT2D eigenvalue weighted by Gasteiger charge is 2.27. The lowest BCUT2D eigenvalue weighted by atomic mass is 9.86. The van der Waals surface area contributed by atoms with Crippen LogP contribution in [0.25, 0.3) is 11.4 Å². The maximum atomic E-state index is 11.7. The van der Waals surface area contributed by atoms with Crippen molar-refractivity contribution in [2.75, 3.05) is 6.61 Å². The second-order valence-corrected chi connectivity index (χ2v) is 6.90. The summed E-state index contributed by atoms with van der Waals surface area (Å²) < 4.78 is 11.1. The minimum Gasteiger partial charge on any atom is -0.473 e. The predicted molar refractivity (Wildman–Crippen MR) is 99.5 cm³/mol. The monoisotopic (exact) mass is 383 g/mol. The third-order valence-corrected chi connectivity index (χ3v) is 4.35. The quantitative estimate of drug-likeness (QED) is 0.630. The molecular formula is C19H21N5O4. The number of primary amides is 1. The molecule has 3 aromatic rings. The van der Waals surface area contributed by atoms with E-state index in [1.807, 2.05) is 0 Å². The van der Waals surface area contributed by atoms with E-state index in [4.69, 9.17) is 15.0 Å². The molecule has 0 saturated carbocycles. The van der Waals surface area contributed by atoms with Gasteiger partial charge in [0.25, 0.3) is 5.91 Å². The first-order valence-corrected chi connectivity index (χ1v) is 8.60. The van der Waals surface area contributed by atoms with Gasteiger partial charge in [-0.05, 0) is 19.1 Å². The van der Waals surface area contributed by atoms with Crippen LogP contribution in [0.5, 0.6) is 5.88 Å². The van der Waals surface area contributed by atoms with Crippen LogP contribution < -0.4 is 10.5 Å². The van der Waals surface area contributed by atoms with Gasteiger partial charge >= 0.3 is 0 Å². The number of nitrogens with zero attached hydrogens (tertiary/aromatic N) is 4. The second-order valence-electron chi connectivity index (χ2n) is 6.90. The van der Waals surface area contributed by atoms with Crippen molar-refractivity contribution in [1.82, 2.24) is 20.1 Å². The smallest absolute Gasteiger partial charge is 0.250 e. The average molecular weight is 383 g/mol. The molecule has 0 saturated heterocycles. The van der Waals surface area contributed by atoms with Gasteiger partial charge < -0.3 is 20.1 Å². The van der Waals surface area contributed by atoms with Gasteiger partial charge in [-0.2, -0.15) is 0 Å². The number of rotatable bonds is 7. The van der Waals surface area contributed by atoms with E-state index in [0.29, 0.717) is 22.8 Å². The summed E-state index contributed by atoms with van der Waals surface area (Å²) >= 11 is 0. The molecule has 0 aliphatic rings. The zero-order chi connectivity index (χ0) is 20.3. The van der Waals surface area contributed by atoms with E-state index in [-0.39, 0.29) is 24.7 Å². The van der Waals surface area contributed by atoms with Crippen molar-refractivity contribution in [2.45, 2.75) is 32.8 Å². The molecule has 9 heteroatoms. The summed E-state index contributed by atoms with van der Waals surface area (Å²) in [5, 5.41) is 13.7. The van der Waals surface area contributed by atoms with Crippen LogP contribution in [0.2, 0.25) is 0 Å². The number of aryl methyl sites for hydroxylation is 1. The number of aliphatic hydroxyl groups is 1. The number of hydrogen-bond donors (Lipinski definition) is 2. The van der Waals surface area contributed by atoms with Gasteiger partial charge in [-0.1, -0.05) is 19.0 Å². The normalized spacial score (nSPS) is 11.4. The zero-order valence-electron chi connectivity index (χ0n) is 15.8. The Hall–Kier alpha value is -3.33. The lowest BCUT2D eigenvalue weighted by molar-refractivity contribution is 0.0995. The number of hydrogen-bond acceptors (Lipinski definition) is 8. The van der Waals surface area contributed by atoms with Crippen LogP contribution in [0.1, 0.15) is 41.2 Å². The van der Waals surface area contributed by atoms with E-state index in [0.717, 1.165) is 5.56 Å². The third kappa shape index (κ3) is 3.84. The molecule has 0 aromatic carbocycles. The van der Waals surface area contributed by atoms with Crippen LogP contribution in [-0.4, -0.2) is 37.7 Å². The molecule has 0 atom stereocenters. The van der Waals surface area contributed by atoms with Crippen molar-refractivity contribution in [3.8, 4) is 17.3 Å². The summed E-state index contributed by atoms with van der Waals surface area (Å²) in [7, 11) is 0. The average Bonchev–Trinajstić information content (AvgIpc) is 3.07. The number of amides is 1. The Labute approximate surface area is 161 Å². The van der Waals surface area contributed by atoms with Crippen molar-refractivity contribution < 1.29 is 19.2 Å². The molecule has 0 spiro atoms. The first-order valence-electron chi connectivity index (χ1n) is 8.60. The SMILES string of the molecule is Cc1onc(-c2ccncn2)c1COc1ccc(C(N)=O)c(C(C)(C)CO)n1. The second kappa shape index (κ2) is 7.73. The molecule has 146 valence electrons. The molecule has 3 N–H and O–H groups in total. The number of nitrogens with two attached hydrogens (primary N) is 1. The molecule has 0 fully saturated rings. The topological polar surface area (TPSA) is 137 Å². The molecule has 0 bridgehead atoms. The number of ether oxygens (including phenoxy) is 1. The summed E-state index contributed by atoms with van der Waals surface area (Å²) in [4.78, 5) is 24.2. The van der Waals surface area contributed by atoms with Crippen LogP contribution >= 0.6 is 0 Å². The highest BCUT2D eigenvalue weighted by atomic mass is 16.5. The summed E-state index contributed by atoms with van der Waals surface area (Å²) in [5.74, 6) is 0.269. The fourth-order valence-electron chi connectivity index (χ4n) is 2.65. The first-order chi connectivity index (χ1) is 13.3. The summed E-state index contributed by atoms with van der Waals surface area (Å²) in [6.07, 6.45) is 3.04. The van der Waals surface area contributed by atoms with Crippen molar-refractivity contribution in [2.24, 2.45) is 5.73 Å². The van der Waals surface area contributed by atoms with Crippen LogP contribution in [0.15, 0.2) is 35.2 Å². The largest absolute Gasteiger partial charge is 0.473 e. The van der Waals surface area contributed by atoms with E-state index in [1.54, 1.807) is 45.2 Å². The van der Waals surface area contributed by atoms with Crippen molar-refractivity contribution in [1.29, 1.82) is 0 Å². The summed E-state index contributed by atoms with van der Waals surface area (Å²) in [6, 6.07) is 4.83. The van der Waals surface area contributed by atoms with Gasteiger partial charge in [0.15, 0.2) is 0 Å². The first kappa shape index (κ1) is 19.4. The molecule has 28 heavy (non-hydrogen) atoms. The number of carbonyl (C=O) groups is 1. The highest BCUT2D eigenvalue weighted by molar-refractivity contribution is 5.94. The van der Waals surface area contributed by atoms with Gasteiger partial charge in [0, 0.05) is 17.7 Å². The minimum absolute atomic E-state index is 0.135. The maximum Gasteiger partial charge on any atom is 0.250 e. The molecule has 0 aliphatic carbocycles. The number of aliphatic hydroxyl groups excluding tert-OH is 1. The van der Waals surface area contributed by atoms with Crippen molar-refractivity contribution in [3.63, 3.8) is 0 Å². The van der Waals surface area contributed by atoms with E-state index < -0.39 is 11.3 Å². The molecule has 3 rings (SSSR count). The zero-order valence-corrected chi connectivity index (χ0v) is 15.8.